The van der Waals surface area contributed by atoms with Crippen LogP contribution in [0.25, 0.3) is 0 Å². The maximum Gasteiger partial charge on any atom is 0.358 e. The van der Waals surface area contributed by atoms with Crippen molar-refractivity contribution in [2.24, 2.45) is 0 Å². The number of ether oxygens (including phenoxy) is 2. The van der Waals surface area contributed by atoms with Gasteiger partial charge in [-0.15, -0.1) is 0 Å². The third-order valence-corrected chi connectivity index (χ3v) is 2.14. The van der Waals surface area contributed by atoms with Crippen LogP contribution in [0.2, 0.25) is 0 Å². The van der Waals surface area contributed by atoms with Crippen LogP contribution in [-0.2, 0) is 19.1 Å². The molecule has 4 nitrogen and oxygen atoms in total. The second-order valence-corrected chi connectivity index (χ2v) is 2.95. The molecule has 0 amide bonds. The molecule has 0 spiro atoms. The van der Waals surface area contributed by atoms with Gasteiger partial charge in [0, 0.05) is 12.5 Å². The van der Waals surface area contributed by atoms with Gasteiger partial charge in [0.2, 0.25) is 5.60 Å². The Morgan fingerprint density at radius 3 is 2.86 bits per heavy atom. The first-order chi connectivity index (χ1) is 6.64. The van der Waals surface area contributed by atoms with Gasteiger partial charge in [-0.05, 0) is 12.5 Å². The highest BCUT2D eigenvalue weighted by Gasteiger charge is 2.42. The summed E-state index contributed by atoms with van der Waals surface area (Å²) in [4.78, 5) is 22.3. The Morgan fingerprint density at radius 2 is 2.43 bits per heavy atom. The molecule has 0 N–H and O–H groups in total. The standard InChI is InChI=1S/C10H12O4/c1-3-8(11)14-9(12)10(4-2)6-5-7-13-10/h3,5,7H,1,4,6H2,2H3. The lowest BCUT2D eigenvalue weighted by Crippen LogP contribution is -2.39. The molecule has 1 unspecified atom stereocenters. The van der Waals surface area contributed by atoms with E-state index in [0.717, 1.165) is 6.08 Å². The Labute approximate surface area is 82.2 Å². The number of hydrogen-bond donors (Lipinski definition) is 0. The highest BCUT2D eigenvalue weighted by Crippen LogP contribution is 2.28. The van der Waals surface area contributed by atoms with E-state index >= 15 is 0 Å². The molecule has 1 aliphatic rings. The summed E-state index contributed by atoms with van der Waals surface area (Å²) in [5, 5.41) is 0. The SMILES string of the molecule is C=CC(=O)OC(=O)C1(CC)CC=CO1. The van der Waals surface area contributed by atoms with Crippen LogP contribution in [0.4, 0.5) is 0 Å². The van der Waals surface area contributed by atoms with Crippen LogP contribution in [0, 0.1) is 0 Å². The first-order valence-electron chi connectivity index (χ1n) is 4.36. The molecular formula is C10H12O4. The highest BCUT2D eigenvalue weighted by atomic mass is 16.6. The van der Waals surface area contributed by atoms with Crippen LogP contribution in [-0.4, -0.2) is 17.5 Å². The van der Waals surface area contributed by atoms with Crippen molar-refractivity contribution in [3.63, 3.8) is 0 Å². The molecule has 14 heavy (non-hydrogen) atoms. The zero-order chi connectivity index (χ0) is 10.6. The van der Waals surface area contributed by atoms with Gasteiger partial charge < -0.3 is 9.47 Å². The van der Waals surface area contributed by atoms with Crippen molar-refractivity contribution < 1.29 is 19.1 Å². The van der Waals surface area contributed by atoms with Gasteiger partial charge in [0.15, 0.2) is 0 Å². The maximum absolute atomic E-state index is 11.5. The first-order valence-corrected chi connectivity index (χ1v) is 4.36. The fraction of sp³-hybridized carbons (Fsp3) is 0.400. The van der Waals surface area contributed by atoms with Crippen LogP contribution >= 0.6 is 0 Å². The summed E-state index contributed by atoms with van der Waals surface area (Å²) < 4.78 is 9.67. The minimum atomic E-state index is -1.02. The monoisotopic (exact) mass is 196 g/mol. The average molecular weight is 196 g/mol. The van der Waals surface area contributed by atoms with Crippen LogP contribution in [0.15, 0.2) is 25.0 Å². The fourth-order valence-electron chi connectivity index (χ4n) is 1.19. The summed E-state index contributed by atoms with van der Waals surface area (Å²) in [6.07, 6.45) is 5.02. The van der Waals surface area contributed by atoms with Gasteiger partial charge in [0.05, 0.1) is 6.26 Å². The van der Waals surface area contributed by atoms with E-state index in [4.69, 9.17) is 4.74 Å². The summed E-state index contributed by atoms with van der Waals surface area (Å²) >= 11 is 0. The Balaban J connectivity index is 2.66. The second-order valence-electron chi connectivity index (χ2n) is 2.95. The van der Waals surface area contributed by atoms with Crippen molar-refractivity contribution in [3.8, 4) is 0 Å². The molecule has 1 rings (SSSR count). The molecule has 0 bridgehead atoms. The van der Waals surface area contributed by atoms with E-state index in [1.165, 1.54) is 6.26 Å². The molecule has 0 radical (unpaired) electrons. The molecule has 0 aromatic rings. The molecule has 0 aliphatic carbocycles. The Morgan fingerprint density at radius 1 is 1.71 bits per heavy atom. The molecule has 0 aromatic carbocycles. The zero-order valence-electron chi connectivity index (χ0n) is 7.99. The Bertz CT molecular complexity index is 282. The molecule has 4 heteroatoms. The molecule has 76 valence electrons. The van der Waals surface area contributed by atoms with Crippen molar-refractivity contribution >= 4 is 11.9 Å². The van der Waals surface area contributed by atoms with Crippen molar-refractivity contribution in [1.29, 1.82) is 0 Å². The van der Waals surface area contributed by atoms with Crippen LogP contribution in [0.5, 0.6) is 0 Å². The van der Waals surface area contributed by atoms with E-state index in [0.29, 0.717) is 12.8 Å². The molecular weight excluding hydrogens is 184 g/mol. The number of hydrogen-bond acceptors (Lipinski definition) is 4. The lowest BCUT2D eigenvalue weighted by molar-refractivity contribution is -0.171. The molecule has 0 saturated heterocycles. The van der Waals surface area contributed by atoms with Gasteiger partial charge in [-0.2, -0.15) is 0 Å². The summed E-state index contributed by atoms with van der Waals surface area (Å²) in [7, 11) is 0. The predicted molar refractivity (Wildman–Crippen MR) is 49.2 cm³/mol. The van der Waals surface area contributed by atoms with Crippen molar-refractivity contribution in [3.05, 3.63) is 25.0 Å². The molecule has 1 heterocycles. The van der Waals surface area contributed by atoms with Gasteiger partial charge in [0.1, 0.15) is 0 Å². The van der Waals surface area contributed by atoms with Gasteiger partial charge in [-0.1, -0.05) is 13.5 Å². The zero-order valence-corrected chi connectivity index (χ0v) is 7.99. The van der Waals surface area contributed by atoms with E-state index in [-0.39, 0.29) is 0 Å². The van der Waals surface area contributed by atoms with Crippen molar-refractivity contribution in [1.82, 2.24) is 0 Å². The van der Waals surface area contributed by atoms with Crippen LogP contribution < -0.4 is 0 Å². The van der Waals surface area contributed by atoms with E-state index in [1.807, 2.05) is 0 Å². The summed E-state index contributed by atoms with van der Waals surface area (Å²) in [5.41, 5.74) is -1.02. The number of esters is 2. The Hall–Kier alpha value is -1.58. The van der Waals surface area contributed by atoms with Crippen molar-refractivity contribution in [2.45, 2.75) is 25.4 Å². The number of rotatable bonds is 3. The van der Waals surface area contributed by atoms with Crippen LogP contribution in [0.1, 0.15) is 19.8 Å². The summed E-state index contributed by atoms with van der Waals surface area (Å²) in [6.45, 7) is 5.00. The summed E-state index contributed by atoms with van der Waals surface area (Å²) in [5.74, 6) is -1.41. The minimum absolute atomic E-state index is 0.437. The molecule has 0 fully saturated rings. The third kappa shape index (κ3) is 1.84. The number of carbonyl (C=O) groups excluding carboxylic acids is 2. The quantitative estimate of drug-likeness (QED) is 0.388. The Kier molecular flexibility index (Phi) is 3.06. The van der Waals surface area contributed by atoms with Crippen molar-refractivity contribution in [2.75, 3.05) is 0 Å². The highest BCUT2D eigenvalue weighted by molar-refractivity contribution is 5.95. The first kappa shape index (κ1) is 10.5. The van der Waals surface area contributed by atoms with Crippen LogP contribution in [0.3, 0.4) is 0 Å². The largest absolute Gasteiger partial charge is 0.483 e. The van der Waals surface area contributed by atoms with E-state index < -0.39 is 17.5 Å². The minimum Gasteiger partial charge on any atom is -0.483 e. The second kappa shape index (κ2) is 4.09. The third-order valence-electron chi connectivity index (χ3n) is 2.14. The van der Waals surface area contributed by atoms with E-state index in [2.05, 4.69) is 11.3 Å². The topological polar surface area (TPSA) is 52.6 Å². The van der Waals surface area contributed by atoms with Gasteiger partial charge >= 0.3 is 11.9 Å². The van der Waals surface area contributed by atoms with E-state index in [9.17, 15) is 9.59 Å². The van der Waals surface area contributed by atoms with Gasteiger partial charge in [-0.3, -0.25) is 0 Å². The summed E-state index contributed by atoms with van der Waals surface area (Å²) in [6, 6.07) is 0. The van der Waals surface area contributed by atoms with Gasteiger partial charge in [-0.25, -0.2) is 9.59 Å². The van der Waals surface area contributed by atoms with E-state index in [1.54, 1.807) is 13.0 Å². The smallest absolute Gasteiger partial charge is 0.358 e. The molecule has 0 aromatic heterocycles. The lowest BCUT2D eigenvalue weighted by atomic mass is 9.98. The predicted octanol–water partition coefficient (Wildman–Crippen LogP) is 1.32. The lowest BCUT2D eigenvalue weighted by Gasteiger charge is -2.23. The molecule has 1 aliphatic heterocycles. The van der Waals surface area contributed by atoms with Gasteiger partial charge in [0.25, 0.3) is 0 Å². The fourth-order valence-corrected chi connectivity index (χ4v) is 1.19. The number of carbonyl (C=O) groups is 2. The normalized spacial score (nSPS) is 24.1. The average Bonchev–Trinajstić information content (AvgIpc) is 2.67. The molecule has 1 atom stereocenters. The maximum atomic E-state index is 11.5. The molecule has 0 saturated carbocycles.